The van der Waals surface area contributed by atoms with Crippen molar-refractivity contribution in [1.29, 1.82) is 0 Å². The highest BCUT2D eigenvalue weighted by atomic mass is 32.1. The Labute approximate surface area is 109 Å². The third-order valence-electron chi connectivity index (χ3n) is 3.35. The molecule has 0 saturated carbocycles. The number of aromatic nitrogens is 1. The van der Waals surface area contributed by atoms with Crippen LogP contribution in [0.15, 0.2) is 65.5 Å². The number of rotatable bonds is 1. The maximum absolute atomic E-state index is 2.28. The second-order valence-corrected chi connectivity index (χ2v) is 5.17. The van der Waals surface area contributed by atoms with Gasteiger partial charge in [0.1, 0.15) is 0 Å². The summed E-state index contributed by atoms with van der Waals surface area (Å²) >= 11 is 1.74. The van der Waals surface area contributed by atoms with E-state index in [1.54, 1.807) is 11.3 Å². The molecule has 4 rings (SSSR count). The standard InChI is InChI=1S/C16H11NS/c1-2-5-15-12(4-1)10-14(13-7-9-18-11-13)16-6-3-8-17(15)16/h1-11H. The predicted molar refractivity (Wildman–Crippen MR) is 78.2 cm³/mol. The summed E-state index contributed by atoms with van der Waals surface area (Å²) < 4.78 is 2.27. The van der Waals surface area contributed by atoms with Crippen LogP contribution in [0.1, 0.15) is 0 Å². The summed E-state index contributed by atoms with van der Waals surface area (Å²) in [5.74, 6) is 0. The largest absolute Gasteiger partial charge is 0.316 e. The average Bonchev–Trinajstić information content (AvgIpc) is 3.09. The maximum Gasteiger partial charge on any atom is 0.0535 e. The first-order chi connectivity index (χ1) is 8.93. The highest BCUT2D eigenvalue weighted by Crippen LogP contribution is 2.31. The zero-order valence-electron chi connectivity index (χ0n) is 9.71. The van der Waals surface area contributed by atoms with Crippen molar-refractivity contribution in [2.45, 2.75) is 0 Å². The first-order valence-corrected chi connectivity index (χ1v) is 6.89. The van der Waals surface area contributed by atoms with Gasteiger partial charge in [0.05, 0.1) is 11.0 Å². The van der Waals surface area contributed by atoms with E-state index >= 15 is 0 Å². The van der Waals surface area contributed by atoms with Crippen LogP contribution in [-0.4, -0.2) is 4.40 Å². The molecule has 0 radical (unpaired) electrons. The van der Waals surface area contributed by atoms with Crippen LogP contribution in [0.5, 0.6) is 0 Å². The molecule has 0 N–H and O–H groups in total. The molecule has 0 aliphatic heterocycles. The topological polar surface area (TPSA) is 4.41 Å². The van der Waals surface area contributed by atoms with Crippen LogP contribution in [0, 0.1) is 0 Å². The molecule has 0 amide bonds. The van der Waals surface area contributed by atoms with Crippen LogP contribution < -0.4 is 0 Å². The van der Waals surface area contributed by atoms with Crippen LogP contribution in [0.2, 0.25) is 0 Å². The molecular formula is C16H11NS. The van der Waals surface area contributed by atoms with Crippen molar-refractivity contribution in [2.75, 3.05) is 0 Å². The van der Waals surface area contributed by atoms with E-state index in [4.69, 9.17) is 0 Å². The number of para-hydroxylation sites is 1. The molecule has 0 aliphatic rings. The van der Waals surface area contributed by atoms with Gasteiger partial charge in [0.25, 0.3) is 0 Å². The van der Waals surface area contributed by atoms with E-state index in [0.717, 1.165) is 0 Å². The number of benzene rings is 1. The quantitative estimate of drug-likeness (QED) is 0.455. The molecule has 1 aromatic carbocycles. The molecule has 0 unspecified atom stereocenters. The molecule has 18 heavy (non-hydrogen) atoms. The van der Waals surface area contributed by atoms with E-state index < -0.39 is 0 Å². The molecule has 1 nitrogen and oxygen atoms in total. The van der Waals surface area contributed by atoms with Gasteiger partial charge in [-0.2, -0.15) is 11.3 Å². The van der Waals surface area contributed by atoms with Gasteiger partial charge in [-0.1, -0.05) is 18.2 Å². The fourth-order valence-electron chi connectivity index (χ4n) is 2.52. The van der Waals surface area contributed by atoms with E-state index in [1.807, 2.05) is 0 Å². The van der Waals surface area contributed by atoms with Gasteiger partial charge in [-0.15, -0.1) is 0 Å². The summed E-state index contributed by atoms with van der Waals surface area (Å²) in [5, 5.41) is 5.61. The Morgan fingerprint density at radius 1 is 0.889 bits per heavy atom. The first-order valence-electron chi connectivity index (χ1n) is 5.95. The number of thiophene rings is 1. The van der Waals surface area contributed by atoms with E-state index in [9.17, 15) is 0 Å². The van der Waals surface area contributed by atoms with Gasteiger partial charge in [0, 0.05) is 11.8 Å². The fourth-order valence-corrected chi connectivity index (χ4v) is 3.17. The zero-order chi connectivity index (χ0) is 11.9. The van der Waals surface area contributed by atoms with Crippen LogP contribution in [0.25, 0.3) is 27.5 Å². The number of hydrogen-bond donors (Lipinski definition) is 0. The molecule has 3 heterocycles. The minimum Gasteiger partial charge on any atom is -0.316 e. The van der Waals surface area contributed by atoms with E-state index in [1.165, 1.54) is 27.5 Å². The summed E-state index contributed by atoms with van der Waals surface area (Å²) in [7, 11) is 0. The summed E-state index contributed by atoms with van der Waals surface area (Å²) in [4.78, 5) is 0. The minimum atomic E-state index is 1.26. The number of hydrogen-bond acceptors (Lipinski definition) is 1. The summed E-state index contributed by atoms with van der Waals surface area (Å²) in [6.07, 6.45) is 2.13. The number of pyridine rings is 1. The van der Waals surface area contributed by atoms with Crippen molar-refractivity contribution >= 4 is 27.8 Å². The summed E-state index contributed by atoms with van der Waals surface area (Å²) in [6, 6.07) is 17.3. The molecular weight excluding hydrogens is 238 g/mol. The van der Waals surface area contributed by atoms with Crippen molar-refractivity contribution in [2.24, 2.45) is 0 Å². The van der Waals surface area contributed by atoms with Crippen LogP contribution in [0.3, 0.4) is 0 Å². The molecule has 0 spiro atoms. The Bertz CT molecular complexity index is 825. The van der Waals surface area contributed by atoms with Crippen LogP contribution in [0.4, 0.5) is 0 Å². The predicted octanol–water partition coefficient (Wildman–Crippen LogP) is 4.82. The normalized spacial score (nSPS) is 11.3. The summed E-state index contributed by atoms with van der Waals surface area (Å²) in [6.45, 7) is 0. The van der Waals surface area contributed by atoms with Gasteiger partial charge >= 0.3 is 0 Å². The van der Waals surface area contributed by atoms with Crippen molar-refractivity contribution < 1.29 is 0 Å². The van der Waals surface area contributed by atoms with Crippen molar-refractivity contribution in [3.63, 3.8) is 0 Å². The van der Waals surface area contributed by atoms with Crippen molar-refractivity contribution in [1.82, 2.24) is 4.40 Å². The first kappa shape index (κ1) is 9.92. The molecule has 0 saturated heterocycles. The maximum atomic E-state index is 2.28. The Morgan fingerprint density at radius 2 is 1.78 bits per heavy atom. The summed E-state index contributed by atoms with van der Waals surface area (Å²) in [5.41, 5.74) is 5.14. The number of nitrogens with zero attached hydrogens (tertiary/aromatic N) is 1. The molecule has 0 aliphatic carbocycles. The van der Waals surface area contributed by atoms with Crippen LogP contribution >= 0.6 is 11.3 Å². The molecule has 0 fully saturated rings. The minimum absolute atomic E-state index is 1.26. The molecule has 0 bridgehead atoms. The lowest BCUT2D eigenvalue weighted by Crippen LogP contribution is -1.88. The SMILES string of the molecule is c1ccc2c(c1)cc(-c1ccsc1)c1cccn12. The Morgan fingerprint density at radius 3 is 2.67 bits per heavy atom. The third-order valence-corrected chi connectivity index (χ3v) is 4.04. The lowest BCUT2D eigenvalue weighted by Gasteiger charge is -2.08. The van der Waals surface area contributed by atoms with Gasteiger partial charge in [0.2, 0.25) is 0 Å². The lowest BCUT2D eigenvalue weighted by atomic mass is 10.1. The van der Waals surface area contributed by atoms with E-state index in [2.05, 4.69) is 69.9 Å². The molecule has 4 aromatic rings. The molecule has 0 atom stereocenters. The van der Waals surface area contributed by atoms with Gasteiger partial charge < -0.3 is 4.40 Å². The van der Waals surface area contributed by atoms with Crippen molar-refractivity contribution in [3.05, 3.63) is 65.5 Å². The molecule has 3 aromatic heterocycles. The smallest absolute Gasteiger partial charge is 0.0535 e. The fraction of sp³-hybridized carbons (Fsp3) is 0. The molecule has 2 heteroatoms. The highest BCUT2D eigenvalue weighted by molar-refractivity contribution is 7.08. The van der Waals surface area contributed by atoms with Crippen LogP contribution in [-0.2, 0) is 0 Å². The lowest BCUT2D eigenvalue weighted by molar-refractivity contribution is 1.27. The Balaban J connectivity index is 2.21. The number of fused-ring (bicyclic) bond motifs is 3. The van der Waals surface area contributed by atoms with Gasteiger partial charge in [-0.25, -0.2) is 0 Å². The molecule has 86 valence electrons. The van der Waals surface area contributed by atoms with Gasteiger partial charge in [0.15, 0.2) is 0 Å². The highest BCUT2D eigenvalue weighted by Gasteiger charge is 2.07. The van der Waals surface area contributed by atoms with Crippen molar-refractivity contribution in [3.8, 4) is 11.1 Å². The third kappa shape index (κ3) is 1.33. The Kier molecular flexibility index (Phi) is 2.05. The Hall–Kier alpha value is -2.06. The zero-order valence-corrected chi connectivity index (χ0v) is 10.5. The average molecular weight is 249 g/mol. The second kappa shape index (κ2) is 3.72. The monoisotopic (exact) mass is 249 g/mol. The van der Waals surface area contributed by atoms with E-state index in [0.29, 0.717) is 0 Å². The van der Waals surface area contributed by atoms with E-state index in [-0.39, 0.29) is 0 Å². The second-order valence-electron chi connectivity index (χ2n) is 4.39. The van der Waals surface area contributed by atoms with Gasteiger partial charge in [-0.3, -0.25) is 0 Å². The van der Waals surface area contributed by atoms with Gasteiger partial charge in [-0.05, 0) is 52.0 Å².